The van der Waals surface area contributed by atoms with Gasteiger partial charge in [0.25, 0.3) is 0 Å². The number of ether oxygens (including phenoxy) is 1. The predicted molar refractivity (Wildman–Crippen MR) is 123 cm³/mol. The lowest BCUT2D eigenvalue weighted by atomic mass is 10.2. The van der Waals surface area contributed by atoms with E-state index in [1.54, 1.807) is 42.7 Å². The molecule has 0 bridgehead atoms. The fourth-order valence-electron chi connectivity index (χ4n) is 3.12. The van der Waals surface area contributed by atoms with Crippen molar-refractivity contribution >= 4 is 23.5 Å². The molecule has 2 heterocycles. The zero-order chi connectivity index (χ0) is 23.4. The van der Waals surface area contributed by atoms with Gasteiger partial charge in [-0.1, -0.05) is 29.1 Å². The largest absolute Gasteiger partial charge is 0.494 e. The zero-order valence-electron chi connectivity index (χ0n) is 18.3. The molecule has 1 unspecified atom stereocenters. The Labute approximate surface area is 194 Å². The maximum atomic E-state index is 14.8. The van der Waals surface area contributed by atoms with Crippen LogP contribution in [-0.2, 0) is 4.79 Å². The number of aromatic nitrogens is 4. The molecule has 0 saturated carbocycles. The molecule has 0 spiro atoms. The molecule has 33 heavy (non-hydrogen) atoms. The molecule has 1 atom stereocenters. The second-order valence-electron chi connectivity index (χ2n) is 7.12. The minimum atomic E-state index is -0.565. The third-order valence-corrected chi connectivity index (χ3v) is 5.72. The molecule has 4 rings (SSSR count). The molecule has 0 aliphatic carbocycles. The number of hydrogen-bond donors (Lipinski definition) is 1. The normalized spacial score (nSPS) is 11.9. The standard InChI is InChI=1S/C23H22FN5O3S/c1-4-31-17-11-9-16(10-12-17)21-26-27-23(29(21)19-8-6-5-7-18(19)24)33-15(3)22(30)25-20-13-14(2)32-28-20/h5-13,15H,4H2,1-3H3,(H,25,28,30). The minimum Gasteiger partial charge on any atom is -0.494 e. The number of nitrogens with one attached hydrogen (secondary N) is 1. The number of amides is 1. The monoisotopic (exact) mass is 467 g/mol. The van der Waals surface area contributed by atoms with Gasteiger partial charge in [0.15, 0.2) is 16.8 Å². The van der Waals surface area contributed by atoms with Gasteiger partial charge in [0.05, 0.1) is 17.5 Å². The van der Waals surface area contributed by atoms with Crippen molar-refractivity contribution in [2.75, 3.05) is 11.9 Å². The maximum absolute atomic E-state index is 14.8. The first-order valence-electron chi connectivity index (χ1n) is 10.3. The average molecular weight is 468 g/mol. The number of carbonyl (C=O) groups excluding carboxylic acids is 1. The van der Waals surface area contributed by atoms with E-state index in [9.17, 15) is 9.18 Å². The fourth-order valence-corrected chi connectivity index (χ4v) is 3.98. The number of halogens is 1. The van der Waals surface area contributed by atoms with E-state index in [4.69, 9.17) is 9.26 Å². The maximum Gasteiger partial charge on any atom is 0.238 e. The molecule has 2 aromatic carbocycles. The highest BCUT2D eigenvalue weighted by Gasteiger charge is 2.24. The molecule has 0 radical (unpaired) electrons. The summed E-state index contributed by atoms with van der Waals surface area (Å²) in [4.78, 5) is 12.7. The Hall–Kier alpha value is -3.66. The highest BCUT2D eigenvalue weighted by molar-refractivity contribution is 8.00. The second kappa shape index (κ2) is 9.86. The van der Waals surface area contributed by atoms with Gasteiger partial charge < -0.3 is 14.6 Å². The van der Waals surface area contributed by atoms with Gasteiger partial charge in [0.1, 0.15) is 17.3 Å². The van der Waals surface area contributed by atoms with E-state index in [1.165, 1.54) is 6.07 Å². The van der Waals surface area contributed by atoms with Gasteiger partial charge in [0, 0.05) is 11.6 Å². The Morgan fingerprint density at radius 3 is 2.64 bits per heavy atom. The van der Waals surface area contributed by atoms with Crippen molar-refractivity contribution in [1.29, 1.82) is 0 Å². The predicted octanol–water partition coefficient (Wildman–Crippen LogP) is 4.89. The van der Waals surface area contributed by atoms with E-state index in [-0.39, 0.29) is 11.6 Å². The molecule has 4 aromatic rings. The zero-order valence-corrected chi connectivity index (χ0v) is 19.1. The van der Waals surface area contributed by atoms with Crippen LogP contribution in [0.2, 0.25) is 0 Å². The van der Waals surface area contributed by atoms with Gasteiger partial charge >= 0.3 is 0 Å². The van der Waals surface area contributed by atoms with Crippen molar-refractivity contribution < 1.29 is 18.4 Å². The van der Waals surface area contributed by atoms with E-state index < -0.39 is 11.1 Å². The van der Waals surface area contributed by atoms with Crippen LogP contribution >= 0.6 is 11.8 Å². The molecule has 0 aliphatic rings. The van der Waals surface area contributed by atoms with Crippen molar-refractivity contribution in [3.05, 3.63) is 66.2 Å². The topological polar surface area (TPSA) is 95.1 Å². The smallest absolute Gasteiger partial charge is 0.238 e. The Morgan fingerprint density at radius 1 is 1.21 bits per heavy atom. The molecule has 0 aliphatic heterocycles. The van der Waals surface area contributed by atoms with Crippen LogP contribution in [0.3, 0.4) is 0 Å². The summed E-state index contributed by atoms with van der Waals surface area (Å²) >= 11 is 1.16. The first kappa shape index (κ1) is 22.5. The Bertz CT molecular complexity index is 1260. The number of nitrogens with zero attached hydrogens (tertiary/aromatic N) is 4. The first-order chi connectivity index (χ1) is 16.0. The van der Waals surface area contributed by atoms with Gasteiger partial charge in [-0.3, -0.25) is 9.36 Å². The molecular formula is C23H22FN5O3S. The molecule has 2 aromatic heterocycles. The SMILES string of the molecule is CCOc1ccc(-c2nnc(SC(C)C(=O)Nc3cc(C)on3)n2-c2ccccc2F)cc1. The van der Waals surface area contributed by atoms with Gasteiger partial charge in [-0.05, 0) is 57.2 Å². The van der Waals surface area contributed by atoms with Gasteiger partial charge in [-0.2, -0.15) is 0 Å². The van der Waals surface area contributed by atoms with Crippen molar-refractivity contribution in [2.45, 2.75) is 31.2 Å². The van der Waals surface area contributed by atoms with E-state index in [1.807, 2.05) is 31.2 Å². The number of benzene rings is 2. The number of rotatable bonds is 8. The van der Waals surface area contributed by atoms with Crippen molar-refractivity contribution in [3.63, 3.8) is 0 Å². The van der Waals surface area contributed by atoms with E-state index in [0.717, 1.165) is 23.1 Å². The Balaban J connectivity index is 1.66. The van der Waals surface area contributed by atoms with Crippen molar-refractivity contribution in [1.82, 2.24) is 19.9 Å². The number of hydrogen-bond acceptors (Lipinski definition) is 7. The van der Waals surface area contributed by atoms with E-state index >= 15 is 0 Å². The van der Waals surface area contributed by atoms with Crippen molar-refractivity contribution in [3.8, 4) is 22.8 Å². The summed E-state index contributed by atoms with van der Waals surface area (Å²) in [6.07, 6.45) is 0. The lowest BCUT2D eigenvalue weighted by Gasteiger charge is -2.14. The quantitative estimate of drug-likeness (QED) is 0.369. The summed E-state index contributed by atoms with van der Waals surface area (Å²) in [5.41, 5.74) is 1.02. The van der Waals surface area contributed by atoms with Crippen LogP contribution in [0.1, 0.15) is 19.6 Å². The number of thioether (sulfide) groups is 1. The fraction of sp³-hybridized carbons (Fsp3) is 0.217. The summed E-state index contributed by atoms with van der Waals surface area (Å²) in [6.45, 7) is 5.93. The highest BCUT2D eigenvalue weighted by Crippen LogP contribution is 2.32. The molecule has 0 saturated heterocycles. The molecule has 1 amide bonds. The molecule has 0 fully saturated rings. The average Bonchev–Trinajstić information content (AvgIpc) is 3.40. The first-order valence-corrected chi connectivity index (χ1v) is 11.2. The van der Waals surface area contributed by atoms with E-state index in [2.05, 4.69) is 20.7 Å². The Morgan fingerprint density at radius 2 is 1.97 bits per heavy atom. The van der Waals surface area contributed by atoms with Crippen LogP contribution in [0.15, 0.2) is 64.3 Å². The number of carbonyl (C=O) groups is 1. The van der Waals surface area contributed by atoms with Crippen LogP contribution in [0.4, 0.5) is 10.2 Å². The molecule has 1 N–H and O–H groups in total. The van der Waals surface area contributed by atoms with Gasteiger partial charge in [-0.15, -0.1) is 10.2 Å². The summed E-state index contributed by atoms with van der Waals surface area (Å²) in [6, 6.07) is 15.3. The minimum absolute atomic E-state index is 0.286. The Kier molecular flexibility index (Phi) is 6.74. The van der Waals surface area contributed by atoms with Crippen LogP contribution in [0.5, 0.6) is 5.75 Å². The van der Waals surface area contributed by atoms with Crippen LogP contribution < -0.4 is 10.1 Å². The summed E-state index contributed by atoms with van der Waals surface area (Å²) < 4.78 is 26.9. The molecule has 8 nitrogen and oxygen atoms in total. The van der Waals surface area contributed by atoms with Crippen LogP contribution in [0, 0.1) is 12.7 Å². The van der Waals surface area contributed by atoms with Crippen LogP contribution in [0.25, 0.3) is 17.1 Å². The molecule has 10 heteroatoms. The van der Waals surface area contributed by atoms with Crippen LogP contribution in [-0.4, -0.2) is 37.7 Å². The lowest BCUT2D eigenvalue weighted by Crippen LogP contribution is -2.23. The highest BCUT2D eigenvalue weighted by atomic mass is 32.2. The lowest BCUT2D eigenvalue weighted by molar-refractivity contribution is -0.115. The molecular weight excluding hydrogens is 445 g/mol. The van der Waals surface area contributed by atoms with Gasteiger partial charge in [-0.25, -0.2) is 4.39 Å². The molecule has 170 valence electrons. The number of para-hydroxylation sites is 1. The summed E-state index contributed by atoms with van der Waals surface area (Å²) in [7, 11) is 0. The third kappa shape index (κ3) is 5.06. The summed E-state index contributed by atoms with van der Waals surface area (Å²) in [5, 5.41) is 14.9. The van der Waals surface area contributed by atoms with E-state index in [0.29, 0.717) is 29.2 Å². The summed E-state index contributed by atoms with van der Waals surface area (Å²) in [5.74, 6) is 1.37. The third-order valence-electron chi connectivity index (χ3n) is 4.68. The number of aryl methyl sites for hydroxylation is 1. The second-order valence-corrected chi connectivity index (χ2v) is 8.43. The number of anilines is 1. The van der Waals surface area contributed by atoms with Gasteiger partial charge in [0.2, 0.25) is 5.91 Å². The van der Waals surface area contributed by atoms with Crippen molar-refractivity contribution in [2.24, 2.45) is 0 Å².